The minimum absolute atomic E-state index is 0.0270. The van der Waals surface area contributed by atoms with Crippen molar-refractivity contribution < 1.29 is 96.1 Å². The molecule has 78 heavy (non-hydrogen) atoms. The first kappa shape index (κ1) is 63.7. The van der Waals surface area contributed by atoms with Crippen LogP contribution in [0.15, 0.2) is 0 Å². The zero-order valence-electron chi connectivity index (χ0n) is 45.9. The summed E-state index contributed by atoms with van der Waals surface area (Å²) in [4.78, 5) is 81.6. The van der Waals surface area contributed by atoms with Gasteiger partial charge >= 0.3 is 82.5 Å². The van der Waals surface area contributed by atoms with E-state index in [4.69, 9.17) is 28.4 Å². The van der Waals surface area contributed by atoms with Crippen LogP contribution in [0.4, 0.5) is 0 Å². The van der Waals surface area contributed by atoms with Crippen LogP contribution in [0.25, 0.3) is 0 Å². The van der Waals surface area contributed by atoms with E-state index < -0.39 is 112 Å². The Morgan fingerprint density at radius 2 is 1.01 bits per heavy atom. The summed E-state index contributed by atoms with van der Waals surface area (Å²) in [5, 5.41) is 0. The Balaban J connectivity index is 1.07. The third-order valence-electron chi connectivity index (χ3n) is 18.2. The highest BCUT2D eigenvalue weighted by Crippen LogP contribution is 2.60. The smallest absolute Gasteiger partial charge is 0.366 e. The molecular formula is C54H86O21S3. The predicted molar refractivity (Wildman–Crippen MR) is 280 cm³/mol. The van der Waals surface area contributed by atoms with Gasteiger partial charge in [-0.25, -0.2) is 14.4 Å². The van der Waals surface area contributed by atoms with Gasteiger partial charge in [0.15, 0.2) is 0 Å². The lowest BCUT2D eigenvalue weighted by molar-refractivity contribution is -0.182. The van der Waals surface area contributed by atoms with Crippen molar-refractivity contribution in [2.24, 2.45) is 64.6 Å². The van der Waals surface area contributed by atoms with Crippen molar-refractivity contribution >= 4 is 66.2 Å². The van der Waals surface area contributed by atoms with Crippen LogP contribution in [0.3, 0.4) is 0 Å². The molecule has 0 amide bonds. The first-order valence-electron chi connectivity index (χ1n) is 28.9. The fourth-order valence-corrected chi connectivity index (χ4v) is 16.3. The van der Waals surface area contributed by atoms with E-state index in [0.717, 1.165) is 64.2 Å². The van der Waals surface area contributed by atoms with Gasteiger partial charge < -0.3 is 28.4 Å². The minimum atomic E-state index is -5.41. The maximum Gasteiger partial charge on any atom is 0.366 e. The molecule has 7 aliphatic rings. The van der Waals surface area contributed by atoms with Gasteiger partial charge in [-0.3, -0.25) is 28.0 Å². The molecular weight excluding hydrogens is 1080 g/mol. The van der Waals surface area contributed by atoms with Gasteiger partial charge in [0.2, 0.25) is 0 Å². The van der Waals surface area contributed by atoms with E-state index in [2.05, 4.69) is 0 Å². The Morgan fingerprint density at radius 3 is 1.54 bits per heavy atom. The molecule has 7 rings (SSSR count). The number of hydrogen-bond donors (Lipinski definition) is 3. The van der Waals surface area contributed by atoms with Crippen LogP contribution in [0.1, 0.15) is 201 Å². The molecule has 3 N–H and O–H groups in total. The molecule has 0 radical (unpaired) electrons. The van der Waals surface area contributed by atoms with Crippen LogP contribution in [0, 0.1) is 64.6 Å². The molecule has 10 atom stereocenters. The second-order valence-electron chi connectivity index (χ2n) is 23.7. The molecule has 4 bridgehead atoms. The van der Waals surface area contributed by atoms with E-state index in [1.807, 2.05) is 13.8 Å². The molecule has 7 saturated carbocycles. The second-order valence-corrected chi connectivity index (χ2v) is 28.1. The maximum absolute atomic E-state index is 14.3. The van der Waals surface area contributed by atoms with E-state index >= 15 is 0 Å². The summed E-state index contributed by atoms with van der Waals surface area (Å²) in [7, 11) is -15.9. The number of hydrogen-bond acceptors (Lipinski definition) is 18. The molecule has 0 aliphatic heterocycles. The fraction of sp³-hybridized carbons (Fsp3) is 0.889. The first-order valence-corrected chi connectivity index (χ1v) is 33.4. The first-order chi connectivity index (χ1) is 36.8. The maximum atomic E-state index is 14.3. The third kappa shape index (κ3) is 16.8. The molecule has 0 saturated heterocycles. The van der Waals surface area contributed by atoms with Gasteiger partial charge in [-0.2, -0.15) is 25.3 Å². The summed E-state index contributed by atoms with van der Waals surface area (Å²) in [6.45, 7) is 6.70. The van der Waals surface area contributed by atoms with Crippen LogP contribution < -0.4 is 0 Å². The topological polar surface area (TPSA) is 321 Å². The Labute approximate surface area is 461 Å². The number of ether oxygens (including phenoxy) is 6. The second kappa shape index (κ2) is 28.0. The minimum Gasteiger partial charge on any atom is -0.462 e. The summed E-state index contributed by atoms with van der Waals surface area (Å²) in [5.41, 5.74) is -8.87. The summed E-state index contributed by atoms with van der Waals surface area (Å²) in [6.07, 6.45) is 14.6. The molecule has 7 aliphatic carbocycles. The predicted octanol–water partition coefficient (Wildman–Crippen LogP) is 8.47. The Bertz CT molecular complexity index is 2380. The molecule has 10 unspecified atom stereocenters. The zero-order chi connectivity index (χ0) is 57.2. The molecule has 0 aromatic carbocycles. The van der Waals surface area contributed by atoms with Gasteiger partial charge in [0.1, 0.15) is 12.2 Å². The lowest BCUT2D eigenvalue weighted by atomic mass is 9.49. The van der Waals surface area contributed by atoms with Gasteiger partial charge in [0.25, 0.3) is 0 Å². The molecule has 0 spiro atoms. The van der Waals surface area contributed by atoms with Crippen LogP contribution in [0.5, 0.6) is 0 Å². The van der Waals surface area contributed by atoms with Gasteiger partial charge in [-0.15, -0.1) is 0 Å². The van der Waals surface area contributed by atoms with Crippen molar-refractivity contribution in [3.8, 4) is 0 Å². The van der Waals surface area contributed by atoms with Crippen LogP contribution in [-0.4, -0.2) is 110 Å². The molecule has 21 nitrogen and oxygen atoms in total. The van der Waals surface area contributed by atoms with Gasteiger partial charge in [0.05, 0.1) is 23.9 Å². The lowest BCUT2D eigenvalue weighted by Gasteiger charge is -2.55. The number of carbonyl (C=O) groups excluding carboxylic acids is 6. The lowest BCUT2D eigenvalue weighted by Crippen LogP contribution is -2.52. The van der Waals surface area contributed by atoms with Crippen molar-refractivity contribution in [2.75, 3.05) is 6.61 Å². The van der Waals surface area contributed by atoms with E-state index in [1.54, 1.807) is 13.8 Å². The zero-order valence-corrected chi connectivity index (χ0v) is 48.3. The largest absolute Gasteiger partial charge is 0.462 e. The van der Waals surface area contributed by atoms with Gasteiger partial charge in [0, 0.05) is 0 Å². The fourth-order valence-electron chi connectivity index (χ4n) is 14.7. The summed E-state index contributed by atoms with van der Waals surface area (Å²) >= 11 is 0. The van der Waals surface area contributed by atoms with Crippen molar-refractivity contribution in [1.82, 2.24) is 0 Å². The van der Waals surface area contributed by atoms with Crippen LogP contribution in [0.2, 0.25) is 0 Å². The van der Waals surface area contributed by atoms with Gasteiger partial charge in [-0.1, -0.05) is 79.1 Å². The van der Waals surface area contributed by atoms with Crippen molar-refractivity contribution in [3.63, 3.8) is 0 Å². The van der Waals surface area contributed by atoms with Crippen molar-refractivity contribution in [2.45, 2.75) is 230 Å². The number of rotatable bonds is 28. The van der Waals surface area contributed by atoms with Crippen molar-refractivity contribution in [3.05, 3.63) is 0 Å². The van der Waals surface area contributed by atoms with E-state index in [1.165, 1.54) is 0 Å². The highest BCUT2D eigenvalue weighted by atomic mass is 32.2. The van der Waals surface area contributed by atoms with Crippen LogP contribution >= 0.6 is 0 Å². The molecule has 0 aromatic heterocycles. The van der Waals surface area contributed by atoms with Crippen LogP contribution in [-0.2, 0) is 87.5 Å². The summed E-state index contributed by atoms with van der Waals surface area (Å²) < 4.78 is 138. The van der Waals surface area contributed by atoms with Gasteiger partial charge in [-0.05, 0) is 169 Å². The molecule has 0 aromatic rings. The summed E-state index contributed by atoms with van der Waals surface area (Å²) in [5.74, 6) is -9.37. The molecule has 7 fully saturated rings. The Morgan fingerprint density at radius 1 is 0.500 bits per heavy atom. The van der Waals surface area contributed by atoms with Crippen molar-refractivity contribution in [1.29, 1.82) is 0 Å². The summed E-state index contributed by atoms with van der Waals surface area (Å²) in [6, 6.07) is 0. The average molecular weight is 1170 g/mol. The normalized spacial score (nSPS) is 28.1. The quantitative estimate of drug-likeness (QED) is 0.0375. The third-order valence-corrected chi connectivity index (χ3v) is 20.7. The molecule has 0 heterocycles. The van der Waals surface area contributed by atoms with E-state index in [9.17, 15) is 67.7 Å². The Hall–Kier alpha value is -3.45. The number of carbonyl (C=O) groups is 6. The highest BCUT2D eigenvalue weighted by Gasteiger charge is 2.57. The van der Waals surface area contributed by atoms with E-state index in [-0.39, 0.29) is 61.9 Å². The monoisotopic (exact) mass is 1170 g/mol. The Kier molecular flexibility index (Phi) is 22.9. The SMILES string of the molecule is CCCC(C(CC)COC(=O)C(OC(=O)C(CC)CCC(CC)OC(=O)C(OC(=O)C12CC3CC(CC(C3)C1)C2)S(=O)(=O)O)S(=O)(=O)O)C1CCCC(C(C(=O)OC(C(=O)OC2CCCCC2)S(=O)(=O)O)C2CCCCC2)C1. The highest BCUT2D eigenvalue weighted by molar-refractivity contribution is 7.87. The molecule has 446 valence electrons. The average Bonchev–Trinajstić information content (AvgIpc) is 3.39. The molecule has 24 heteroatoms. The standard InChI is InChI=1S/C54H86O21S3/c1-5-16-43(39-19-15-20-40(28-39)44(38-17-11-9-12-18-38)46(56)74-51(77(64,65)66)48(58)72-42-21-13-10-14-22-42)37(7-3)32-70-47(57)50(76(61,62)63)73-45(55)36(6-2)23-24-41(8-4)71-49(59)52(78(67,68)69)75-53(60)54-29-33-25-34(30-54)27-35(26-33)31-54/h33-44,50-52H,5-32H2,1-4H3,(H,61,62,63)(H,64,65,66)(H,67,68,69). The number of esters is 6. The van der Waals surface area contributed by atoms with E-state index in [0.29, 0.717) is 101 Å².